The summed E-state index contributed by atoms with van der Waals surface area (Å²) in [5, 5.41) is 7.84. The maximum absolute atomic E-state index is 11.7. The maximum atomic E-state index is 11.7. The van der Waals surface area contributed by atoms with Crippen molar-refractivity contribution in [3.63, 3.8) is 0 Å². The van der Waals surface area contributed by atoms with Crippen molar-refractivity contribution < 1.29 is 14.4 Å². The molecule has 114 valence electrons. The molecule has 3 amide bonds. The van der Waals surface area contributed by atoms with Crippen LogP contribution in [0.2, 0.25) is 10.0 Å². The SMILES string of the molecule is CNC(=O)C(=O)NCC(=O)N[C@H](C)c1ccc(Cl)c(Cl)c1. The zero-order valence-electron chi connectivity index (χ0n) is 11.5. The Morgan fingerprint density at radius 2 is 1.81 bits per heavy atom. The molecule has 21 heavy (non-hydrogen) atoms. The summed E-state index contributed by atoms with van der Waals surface area (Å²) >= 11 is 11.7. The summed E-state index contributed by atoms with van der Waals surface area (Å²) in [5.41, 5.74) is 0.773. The molecule has 0 spiro atoms. The van der Waals surface area contributed by atoms with E-state index in [0.717, 1.165) is 5.56 Å². The number of hydrogen-bond acceptors (Lipinski definition) is 3. The minimum atomic E-state index is -0.866. The van der Waals surface area contributed by atoms with Crippen molar-refractivity contribution in [1.82, 2.24) is 16.0 Å². The predicted octanol–water partition coefficient (Wildman–Crippen LogP) is 1.03. The van der Waals surface area contributed by atoms with Crippen LogP contribution in [0.1, 0.15) is 18.5 Å². The maximum Gasteiger partial charge on any atom is 0.309 e. The summed E-state index contributed by atoms with van der Waals surface area (Å²) < 4.78 is 0. The van der Waals surface area contributed by atoms with Crippen LogP contribution < -0.4 is 16.0 Å². The highest BCUT2D eigenvalue weighted by Crippen LogP contribution is 2.25. The van der Waals surface area contributed by atoms with Crippen molar-refractivity contribution in [2.24, 2.45) is 0 Å². The number of likely N-dealkylation sites (N-methyl/N-ethyl adjacent to an activating group) is 1. The molecule has 0 saturated carbocycles. The van der Waals surface area contributed by atoms with Gasteiger partial charge in [-0.05, 0) is 24.6 Å². The first-order valence-corrected chi connectivity index (χ1v) is 6.85. The first-order valence-electron chi connectivity index (χ1n) is 6.09. The molecular weight excluding hydrogens is 317 g/mol. The molecule has 3 N–H and O–H groups in total. The van der Waals surface area contributed by atoms with E-state index in [0.29, 0.717) is 10.0 Å². The van der Waals surface area contributed by atoms with Crippen LogP contribution >= 0.6 is 23.2 Å². The van der Waals surface area contributed by atoms with Crippen LogP contribution in [0, 0.1) is 0 Å². The van der Waals surface area contributed by atoms with E-state index in [9.17, 15) is 14.4 Å². The molecule has 6 nitrogen and oxygen atoms in total. The standard InChI is InChI=1S/C13H15Cl2N3O3/c1-7(8-3-4-9(14)10(15)5-8)18-11(19)6-17-13(21)12(20)16-2/h3-5,7H,6H2,1-2H3,(H,16,20)(H,17,21)(H,18,19)/t7-/m1/s1. The van der Waals surface area contributed by atoms with E-state index in [1.165, 1.54) is 7.05 Å². The molecular formula is C13H15Cl2N3O3. The predicted molar refractivity (Wildman–Crippen MR) is 80.1 cm³/mol. The third-order valence-corrected chi connectivity index (χ3v) is 3.40. The van der Waals surface area contributed by atoms with E-state index in [-0.39, 0.29) is 12.6 Å². The van der Waals surface area contributed by atoms with E-state index in [1.54, 1.807) is 25.1 Å². The van der Waals surface area contributed by atoms with Gasteiger partial charge in [0, 0.05) is 7.05 Å². The van der Waals surface area contributed by atoms with Crippen molar-refractivity contribution >= 4 is 40.9 Å². The molecule has 0 heterocycles. The van der Waals surface area contributed by atoms with Crippen LogP contribution in [0.3, 0.4) is 0 Å². The van der Waals surface area contributed by atoms with Crippen LogP contribution in [-0.2, 0) is 14.4 Å². The molecule has 1 rings (SSSR count). The van der Waals surface area contributed by atoms with Gasteiger partial charge in [0.15, 0.2) is 0 Å². The number of benzene rings is 1. The molecule has 0 radical (unpaired) electrons. The number of carbonyl (C=O) groups is 3. The van der Waals surface area contributed by atoms with Crippen molar-refractivity contribution in [2.45, 2.75) is 13.0 Å². The number of nitrogens with one attached hydrogen (secondary N) is 3. The van der Waals surface area contributed by atoms with Gasteiger partial charge in [0.1, 0.15) is 0 Å². The lowest BCUT2D eigenvalue weighted by Crippen LogP contribution is -2.43. The largest absolute Gasteiger partial charge is 0.351 e. The van der Waals surface area contributed by atoms with Gasteiger partial charge in [-0.1, -0.05) is 29.3 Å². The zero-order valence-corrected chi connectivity index (χ0v) is 13.0. The Balaban J connectivity index is 2.52. The smallest absolute Gasteiger partial charge is 0.309 e. The van der Waals surface area contributed by atoms with Gasteiger partial charge in [0.2, 0.25) is 5.91 Å². The third kappa shape index (κ3) is 5.24. The molecule has 0 aliphatic heterocycles. The number of carbonyl (C=O) groups excluding carboxylic acids is 3. The Hall–Kier alpha value is -1.79. The van der Waals surface area contributed by atoms with Gasteiger partial charge in [-0.3, -0.25) is 14.4 Å². The minimum Gasteiger partial charge on any atom is -0.351 e. The summed E-state index contributed by atoms with van der Waals surface area (Å²) in [6, 6.07) is 4.71. The third-order valence-electron chi connectivity index (χ3n) is 2.66. The number of halogens is 2. The summed E-state index contributed by atoms with van der Waals surface area (Å²) in [6.45, 7) is 1.47. The highest BCUT2D eigenvalue weighted by Gasteiger charge is 2.14. The van der Waals surface area contributed by atoms with Crippen molar-refractivity contribution in [3.8, 4) is 0 Å². The first-order chi connectivity index (χ1) is 9.85. The van der Waals surface area contributed by atoms with Gasteiger partial charge in [0.25, 0.3) is 0 Å². The fraction of sp³-hybridized carbons (Fsp3) is 0.308. The molecule has 1 aromatic rings. The van der Waals surface area contributed by atoms with Crippen LogP contribution in [0.4, 0.5) is 0 Å². The van der Waals surface area contributed by atoms with E-state index < -0.39 is 17.7 Å². The molecule has 0 bridgehead atoms. The lowest BCUT2D eigenvalue weighted by molar-refractivity contribution is -0.139. The molecule has 0 unspecified atom stereocenters. The molecule has 0 fully saturated rings. The summed E-state index contributed by atoms with van der Waals surface area (Å²) in [4.78, 5) is 33.8. The van der Waals surface area contributed by atoms with Gasteiger partial charge in [0.05, 0.1) is 22.6 Å². The normalized spacial score (nSPS) is 11.4. The second kappa shape index (κ2) is 7.85. The molecule has 8 heteroatoms. The van der Waals surface area contributed by atoms with E-state index in [2.05, 4.69) is 16.0 Å². The van der Waals surface area contributed by atoms with Crippen molar-refractivity contribution in [1.29, 1.82) is 0 Å². The number of amides is 3. The molecule has 1 atom stereocenters. The Morgan fingerprint density at radius 3 is 2.38 bits per heavy atom. The Morgan fingerprint density at radius 1 is 1.14 bits per heavy atom. The molecule has 0 aromatic heterocycles. The second-order valence-corrected chi connectivity index (χ2v) is 5.04. The average Bonchev–Trinajstić information content (AvgIpc) is 2.46. The van der Waals surface area contributed by atoms with Crippen molar-refractivity contribution in [2.75, 3.05) is 13.6 Å². The molecule has 1 aromatic carbocycles. The van der Waals surface area contributed by atoms with Gasteiger partial charge in [-0.15, -0.1) is 0 Å². The molecule has 0 aliphatic rings. The summed E-state index contributed by atoms with van der Waals surface area (Å²) in [6.07, 6.45) is 0. The number of rotatable bonds is 4. The Kier molecular flexibility index (Phi) is 6.45. The first kappa shape index (κ1) is 17.3. The quantitative estimate of drug-likeness (QED) is 0.720. The minimum absolute atomic E-state index is 0.294. The fourth-order valence-corrected chi connectivity index (χ4v) is 1.82. The van der Waals surface area contributed by atoms with Gasteiger partial charge in [-0.2, -0.15) is 0 Å². The van der Waals surface area contributed by atoms with Crippen LogP contribution in [-0.4, -0.2) is 31.3 Å². The van der Waals surface area contributed by atoms with Crippen LogP contribution in [0.25, 0.3) is 0 Å². The number of hydrogen-bond donors (Lipinski definition) is 3. The highest BCUT2D eigenvalue weighted by atomic mass is 35.5. The van der Waals surface area contributed by atoms with Gasteiger partial charge in [-0.25, -0.2) is 0 Å². The van der Waals surface area contributed by atoms with Crippen LogP contribution in [0.5, 0.6) is 0 Å². The van der Waals surface area contributed by atoms with Gasteiger partial charge >= 0.3 is 11.8 Å². The van der Waals surface area contributed by atoms with E-state index in [1.807, 2.05) is 0 Å². The van der Waals surface area contributed by atoms with Crippen LogP contribution in [0.15, 0.2) is 18.2 Å². The summed E-state index contributed by atoms with van der Waals surface area (Å²) in [5.74, 6) is -2.10. The Bertz CT molecular complexity index is 564. The lowest BCUT2D eigenvalue weighted by Gasteiger charge is -2.15. The summed E-state index contributed by atoms with van der Waals surface area (Å²) in [7, 11) is 1.33. The van der Waals surface area contributed by atoms with E-state index in [4.69, 9.17) is 23.2 Å². The molecule has 0 aliphatic carbocycles. The van der Waals surface area contributed by atoms with E-state index >= 15 is 0 Å². The molecule has 0 saturated heterocycles. The lowest BCUT2D eigenvalue weighted by atomic mass is 10.1. The Labute approximate surface area is 132 Å². The fourth-order valence-electron chi connectivity index (χ4n) is 1.51. The highest BCUT2D eigenvalue weighted by molar-refractivity contribution is 6.42. The topological polar surface area (TPSA) is 87.3 Å². The van der Waals surface area contributed by atoms with Gasteiger partial charge < -0.3 is 16.0 Å². The second-order valence-electron chi connectivity index (χ2n) is 4.22. The zero-order chi connectivity index (χ0) is 16.0. The monoisotopic (exact) mass is 331 g/mol. The average molecular weight is 332 g/mol. The van der Waals surface area contributed by atoms with Crippen molar-refractivity contribution in [3.05, 3.63) is 33.8 Å².